The first-order chi connectivity index (χ1) is 9.64. The summed E-state index contributed by atoms with van der Waals surface area (Å²) in [7, 11) is 0. The van der Waals surface area contributed by atoms with Gasteiger partial charge >= 0.3 is 0 Å². The fourth-order valence-corrected chi connectivity index (χ4v) is 3.42. The van der Waals surface area contributed by atoms with Crippen LogP contribution in [-0.4, -0.2) is 34.8 Å². The van der Waals surface area contributed by atoms with E-state index >= 15 is 0 Å². The molecule has 1 aliphatic heterocycles. The lowest BCUT2D eigenvalue weighted by molar-refractivity contribution is -0.155. The summed E-state index contributed by atoms with van der Waals surface area (Å²) >= 11 is 0. The van der Waals surface area contributed by atoms with Crippen LogP contribution in [0.15, 0.2) is 0 Å². The smallest absolute Gasteiger partial charge is 0.249 e. The van der Waals surface area contributed by atoms with Crippen LogP contribution in [0.2, 0.25) is 0 Å². The largest absolute Gasteiger partial charge is 0.340 e. The summed E-state index contributed by atoms with van der Waals surface area (Å²) in [4.78, 5) is 26.9. The molecule has 1 aliphatic carbocycles. The number of nitrogens with zero attached hydrogens (tertiary/aromatic N) is 1. The summed E-state index contributed by atoms with van der Waals surface area (Å²) in [6.45, 7) is 2.60. The Balaban J connectivity index is 2.09. The fourth-order valence-electron chi connectivity index (χ4n) is 3.42. The molecule has 2 fully saturated rings. The van der Waals surface area contributed by atoms with Gasteiger partial charge in [0.2, 0.25) is 11.8 Å². The molecule has 0 aromatic carbocycles. The molecule has 1 spiro atoms. The molecule has 2 rings (SSSR count). The first-order valence-corrected chi connectivity index (χ1v) is 7.71. The highest BCUT2D eigenvalue weighted by Crippen LogP contribution is 2.35. The van der Waals surface area contributed by atoms with E-state index in [0.29, 0.717) is 13.0 Å². The summed E-state index contributed by atoms with van der Waals surface area (Å²) in [6, 6.07) is -0.306. The van der Waals surface area contributed by atoms with Gasteiger partial charge in [-0.15, -0.1) is 12.3 Å². The number of rotatable bonds is 5. The molecule has 0 radical (unpaired) electrons. The highest BCUT2D eigenvalue weighted by molar-refractivity contribution is 6.00. The van der Waals surface area contributed by atoms with E-state index in [-0.39, 0.29) is 17.9 Å². The van der Waals surface area contributed by atoms with Crippen LogP contribution in [0.5, 0.6) is 0 Å². The number of carbonyl (C=O) groups is 2. The maximum absolute atomic E-state index is 12.8. The zero-order valence-electron chi connectivity index (χ0n) is 12.3. The maximum Gasteiger partial charge on any atom is 0.249 e. The number of nitrogens with one attached hydrogen (secondary N) is 1. The SMILES string of the molecule is C#CCCCCN1C(=O)C2(CCCC2)NC(=O)C1CC. The van der Waals surface area contributed by atoms with Gasteiger partial charge in [-0.2, -0.15) is 0 Å². The molecule has 1 N–H and O–H groups in total. The van der Waals surface area contributed by atoms with Gasteiger partial charge in [0.05, 0.1) is 0 Å². The zero-order chi connectivity index (χ0) is 14.6. The van der Waals surface area contributed by atoms with Crippen LogP contribution < -0.4 is 5.32 Å². The maximum atomic E-state index is 12.8. The Morgan fingerprint density at radius 3 is 2.65 bits per heavy atom. The van der Waals surface area contributed by atoms with Crippen molar-refractivity contribution >= 4 is 11.8 Å². The minimum atomic E-state index is -0.602. The molecule has 0 bridgehead atoms. The Labute approximate surface area is 121 Å². The van der Waals surface area contributed by atoms with Gasteiger partial charge in [0.25, 0.3) is 0 Å². The minimum absolute atomic E-state index is 0.0194. The Hall–Kier alpha value is -1.50. The van der Waals surface area contributed by atoms with E-state index in [9.17, 15) is 9.59 Å². The Kier molecular flexibility index (Phi) is 4.69. The monoisotopic (exact) mass is 276 g/mol. The summed E-state index contributed by atoms with van der Waals surface area (Å²) in [5.74, 6) is 2.76. The molecule has 20 heavy (non-hydrogen) atoms. The molecule has 1 saturated carbocycles. The van der Waals surface area contributed by atoms with E-state index in [1.54, 1.807) is 4.90 Å². The predicted octanol–water partition coefficient (Wildman–Crippen LogP) is 1.84. The van der Waals surface area contributed by atoms with E-state index in [4.69, 9.17) is 6.42 Å². The molecule has 0 aromatic heterocycles. The molecule has 1 heterocycles. The lowest BCUT2D eigenvalue weighted by Crippen LogP contribution is -2.69. The van der Waals surface area contributed by atoms with Gasteiger partial charge in [0, 0.05) is 13.0 Å². The van der Waals surface area contributed by atoms with E-state index in [2.05, 4.69) is 11.2 Å². The van der Waals surface area contributed by atoms with E-state index in [0.717, 1.165) is 44.9 Å². The number of amides is 2. The highest BCUT2D eigenvalue weighted by atomic mass is 16.2. The van der Waals surface area contributed by atoms with Gasteiger partial charge in [-0.3, -0.25) is 9.59 Å². The van der Waals surface area contributed by atoms with Crippen LogP contribution in [0, 0.1) is 12.3 Å². The number of hydrogen-bond acceptors (Lipinski definition) is 2. The average Bonchev–Trinajstić information content (AvgIpc) is 2.89. The van der Waals surface area contributed by atoms with Gasteiger partial charge in [0.1, 0.15) is 11.6 Å². The fraction of sp³-hybridized carbons (Fsp3) is 0.750. The van der Waals surface area contributed by atoms with Crippen molar-refractivity contribution in [3.63, 3.8) is 0 Å². The second kappa shape index (κ2) is 6.30. The third-order valence-corrected chi connectivity index (χ3v) is 4.53. The molecule has 4 nitrogen and oxygen atoms in total. The summed E-state index contributed by atoms with van der Waals surface area (Å²) in [5.41, 5.74) is -0.602. The van der Waals surface area contributed by atoms with Crippen molar-refractivity contribution in [1.82, 2.24) is 10.2 Å². The Morgan fingerprint density at radius 2 is 2.05 bits per heavy atom. The lowest BCUT2D eigenvalue weighted by Gasteiger charge is -2.44. The first-order valence-electron chi connectivity index (χ1n) is 7.71. The van der Waals surface area contributed by atoms with E-state index < -0.39 is 5.54 Å². The second-order valence-corrected chi connectivity index (χ2v) is 5.86. The van der Waals surface area contributed by atoms with Crippen LogP contribution in [-0.2, 0) is 9.59 Å². The Morgan fingerprint density at radius 1 is 1.35 bits per heavy atom. The van der Waals surface area contributed by atoms with Crippen molar-refractivity contribution in [3.05, 3.63) is 0 Å². The molecular weight excluding hydrogens is 252 g/mol. The molecule has 2 amide bonds. The third kappa shape index (κ3) is 2.67. The van der Waals surface area contributed by atoms with Crippen molar-refractivity contribution in [2.75, 3.05) is 6.54 Å². The average molecular weight is 276 g/mol. The van der Waals surface area contributed by atoms with Gasteiger partial charge in [0.15, 0.2) is 0 Å². The number of unbranched alkanes of at least 4 members (excludes halogenated alkanes) is 2. The van der Waals surface area contributed by atoms with Crippen molar-refractivity contribution in [2.24, 2.45) is 0 Å². The van der Waals surface area contributed by atoms with Crippen molar-refractivity contribution in [3.8, 4) is 12.3 Å². The summed E-state index contributed by atoms with van der Waals surface area (Å²) in [6.07, 6.45) is 12.0. The van der Waals surface area contributed by atoms with Gasteiger partial charge in [-0.1, -0.05) is 19.8 Å². The number of hydrogen-bond donors (Lipinski definition) is 1. The predicted molar refractivity (Wildman–Crippen MR) is 77.8 cm³/mol. The first kappa shape index (κ1) is 14.9. The molecule has 2 aliphatic rings. The van der Waals surface area contributed by atoms with Crippen LogP contribution >= 0.6 is 0 Å². The van der Waals surface area contributed by atoms with Crippen LogP contribution in [0.1, 0.15) is 58.3 Å². The quantitative estimate of drug-likeness (QED) is 0.615. The standard InChI is InChI=1S/C16H24N2O2/c1-3-5-6-9-12-18-13(4-2)14(19)17-16(15(18)20)10-7-8-11-16/h1,13H,4-12H2,2H3,(H,17,19). The summed E-state index contributed by atoms with van der Waals surface area (Å²) in [5, 5.41) is 3.01. The molecule has 1 atom stereocenters. The molecule has 4 heteroatoms. The number of terminal acetylenes is 1. The number of carbonyl (C=O) groups excluding carboxylic acids is 2. The van der Waals surface area contributed by atoms with E-state index in [1.807, 2.05) is 6.92 Å². The molecule has 1 unspecified atom stereocenters. The van der Waals surface area contributed by atoms with Crippen molar-refractivity contribution in [1.29, 1.82) is 0 Å². The van der Waals surface area contributed by atoms with Gasteiger partial charge < -0.3 is 10.2 Å². The van der Waals surface area contributed by atoms with Crippen LogP contribution in [0.25, 0.3) is 0 Å². The minimum Gasteiger partial charge on any atom is -0.340 e. The third-order valence-electron chi connectivity index (χ3n) is 4.53. The molecule has 1 saturated heterocycles. The Bertz CT molecular complexity index is 419. The van der Waals surface area contributed by atoms with Crippen molar-refractivity contribution in [2.45, 2.75) is 69.9 Å². The van der Waals surface area contributed by atoms with Crippen LogP contribution in [0.4, 0.5) is 0 Å². The topological polar surface area (TPSA) is 49.4 Å². The lowest BCUT2D eigenvalue weighted by atomic mass is 9.90. The molecule has 110 valence electrons. The van der Waals surface area contributed by atoms with E-state index in [1.165, 1.54) is 0 Å². The molecular formula is C16H24N2O2. The normalized spacial score (nSPS) is 24.8. The zero-order valence-corrected chi connectivity index (χ0v) is 12.3. The highest BCUT2D eigenvalue weighted by Gasteiger charge is 2.51. The molecule has 0 aromatic rings. The van der Waals surface area contributed by atoms with Gasteiger partial charge in [-0.05, 0) is 32.1 Å². The van der Waals surface area contributed by atoms with Crippen LogP contribution in [0.3, 0.4) is 0 Å². The summed E-state index contributed by atoms with van der Waals surface area (Å²) < 4.78 is 0. The second-order valence-electron chi connectivity index (χ2n) is 5.86. The van der Waals surface area contributed by atoms with Crippen molar-refractivity contribution < 1.29 is 9.59 Å². The van der Waals surface area contributed by atoms with Gasteiger partial charge in [-0.25, -0.2) is 0 Å². The number of piperazine rings is 1.